The van der Waals surface area contributed by atoms with Gasteiger partial charge in [0.05, 0.1) is 19.8 Å². The van der Waals surface area contributed by atoms with Crippen molar-refractivity contribution in [3.8, 4) is 11.5 Å². The lowest BCUT2D eigenvalue weighted by molar-refractivity contribution is 0.0760. The number of methoxy groups -OCH3 is 2. The van der Waals surface area contributed by atoms with Crippen LogP contribution in [0.15, 0.2) is 29.4 Å². The number of imidazole rings is 1. The molecule has 2 heterocycles. The molecule has 1 aromatic carbocycles. The van der Waals surface area contributed by atoms with E-state index >= 15 is 0 Å². The standard InChI is InChI=1S/C19H26N4O5S/c1-14-20-17(13-21(14)2)29(25,26)23-10-6-9-22(11-12-23)19(24)15-7-5-8-16(27-3)18(15)28-4/h5,7-8,13H,6,9-12H2,1-4H3. The highest BCUT2D eigenvalue weighted by Crippen LogP contribution is 2.31. The minimum absolute atomic E-state index is 0.0340. The maximum atomic E-state index is 13.1. The molecular formula is C19H26N4O5S. The van der Waals surface area contributed by atoms with E-state index in [-0.39, 0.29) is 24.0 Å². The van der Waals surface area contributed by atoms with E-state index in [1.165, 1.54) is 24.7 Å². The van der Waals surface area contributed by atoms with Gasteiger partial charge in [0.1, 0.15) is 5.82 Å². The van der Waals surface area contributed by atoms with Crippen molar-refractivity contribution in [2.75, 3.05) is 40.4 Å². The van der Waals surface area contributed by atoms with Gasteiger partial charge in [0, 0.05) is 39.4 Å². The second-order valence-electron chi connectivity index (χ2n) is 6.83. The van der Waals surface area contributed by atoms with Crippen molar-refractivity contribution in [3.63, 3.8) is 0 Å². The number of carbonyl (C=O) groups is 1. The zero-order valence-corrected chi connectivity index (χ0v) is 17.9. The molecule has 29 heavy (non-hydrogen) atoms. The topological polar surface area (TPSA) is 94.0 Å². The lowest BCUT2D eigenvalue weighted by Crippen LogP contribution is -2.37. The Morgan fingerprint density at radius 1 is 1.10 bits per heavy atom. The zero-order chi connectivity index (χ0) is 21.2. The normalized spacial score (nSPS) is 15.8. The maximum Gasteiger partial charge on any atom is 0.262 e. The number of aromatic nitrogens is 2. The molecule has 0 unspecified atom stereocenters. The first-order chi connectivity index (χ1) is 13.8. The van der Waals surface area contributed by atoms with Crippen molar-refractivity contribution in [1.82, 2.24) is 18.8 Å². The molecule has 1 amide bonds. The summed E-state index contributed by atoms with van der Waals surface area (Å²) in [5.41, 5.74) is 0.392. The lowest BCUT2D eigenvalue weighted by Gasteiger charge is -2.22. The third-order valence-electron chi connectivity index (χ3n) is 5.07. The van der Waals surface area contributed by atoms with Crippen molar-refractivity contribution in [2.24, 2.45) is 7.05 Å². The van der Waals surface area contributed by atoms with Crippen molar-refractivity contribution in [2.45, 2.75) is 18.4 Å². The minimum Gasteiger partial charge on any atom is -0.493 e. The molecule has 158 valence electrons. The molecule has 0 N–H and O–H groups in total. The van der Waals surface area contributed by atoms with Crippen molar-refractivity contribution < 1.29 is 22.7 Å². The molecule has 0 radical (unpaired) electrons. The molecule has 3 rings (SSSR count). The van der Waals surface area contributed by atoms with Gasteiger partial charge in [0.15, 0.2) is 16.5 Å². The van der Waals surface area contributed by atoms with Crippen LogP contribution in [0, 0.1) is 6.92 Å². The number of hydrogen-bond acceptors (Lipinski definition) is 6. The second-order valence-corrected chi connectivity index (χ2v) is 8.71. The van der Waals surface area contributed by atoms with Gasteiger partial charge >= 0.3 is 0 Å². The van der Waals surface area contributed by atoms with E-state index in [9.17, 15) is 13.2 Å². The highest BCUT2D eigenvalue weighted by atomic mass is 32.2. The van der Waals surface area contributed by atoms with E-state index in [0.717, 1.165) is 0 Å². The number of sulfonamides is 1. The fourth-order valence-electron chi connectivity index (χ4n) is 3.35. The summed E-state index contributed by atoms with van der Waals surface area (Å²) in [6.07, 6.45) is 2.04. The first-order valence-electron chi connectivity index (χ1n) is 9.30. The summed E-state index contributed by atoms with van der Waals surface area (Å²) in [7, 11) is 1.05. The van der Waals surface area contributed by atoms with Crippen LogP contribution in [0.25, 0.3) is 0 Å². The van der Waals surface area contributed by atoms with Crippen LogP contribution in [-0.2, 0) is 17.1 Å². The number of benzene rings is 1. The van der Waals surface area contributed by atoms with Crippen molar-refractivity contribution in [3.05, 3.63) is 35.8 Å². The van der Waals surface area contributed by atoms with Gasteiger partial charge in [-0.2, -0.15) is 4.31 Å². The average Bonchev–Trinajstić information content (AvgIpc) is 2.92. The Balaban J connectivity index is 1.79. The van der Waals surface area contributed by atoms with Gasteiger partial charge in [-0.05, 0) is 25.5 Å². The number of hydrogen-bond donors (Lipinski definition) is 0. The molecule has 0 saturated carbocycles. The van der Waals surface area contributed by atoms with Gasteiger partial charge in [-0.1, -0.05) is 6.07 Å². The molecule has 9 nitrogen and oxygen atoms in total. The molecule has 1 saturated heterocycles. The predicted molar refractivity (Wildman–Crippen MR) is 107 cm³/mol. The Hall–Kier alpha value is -2.59. The van der Waals surface area contributed by atoms with Gasteiger partial charge in [0.2, 0.25) is 0 Å². The monoisotopic (exact) mass is 422 g/mol. The van der Waals surface area contributed by atoms with Crippen molar-refractivity contribution in [1.29, 1.82) is 0 Å². The third-order valence-corrected chi connectivity index (χ3v) is 6.84. The summed E-state index contributed by atoms with van der Waals surface area (Å²) < 4.78 is 39.6. The third kappa shape index (κ3) is 4.08. The van der Waals surface area contributed by atoms with Gasteiger partial charge in [-0.3, -0.25) is 4.79 Å². The fraction of sp³-hybridized carbons (Fsp3) is 0.474. The van der Waals surface area contributed by atoms with Crippen LogP contribution in [0.5, 0.6) is 11.5 Å². The van der Waals surface area contributed by atoms with Crippen LogP contribution in [0.4, 0.5) is 0 Å². The lowest BCUT2D eigenvalue weighted by atomic mass is 10.1. The molecule has 0 spiro atoms. The zero-order valence-electron chi connectivity index (χ0n) is 17.1. The highest BCUT2D eigenvalue weighted by molar-refractivity contribution is 7.89. The number of rotatable bonds is 5. The molecule has 1 fully saturated rings. The van der Waals surface area contributed by atoms with Gasteiger partial charge in [-0.15, -0.1) is 0 Å². The van der Waals surface area contributed by atoms with Crippen LogP contribution in [0.3, 0.4) is 0 Å². The van der Waals surface area contributed by atoms with Crippen LogP contribution < -0.4 is 9.47 Å². The summed E-state index contributed by atoms with van der Waals surface area (Å²) >= 11 is 0. The smallest absolute Gasteiger partial charge is 0.262 e. The first kappa shape index (κ1) is 21.1. The summed E-state index contributed by atoms with van der Waals surface area (Å²) in [5, 5.41) is 0.0340. The van der Waals surface area contributed by atoms with Crippen LogP contribution in [-0.4, -0.2) is 73.5 Å². The molecule has 1 aliphatic heterocycles. The molecule has 0 aliphatic carbocycles. The van der Waals surface area contributed by atoms with E-state index in [1.54, 1.807) is 41.6 Å². The Bertz CT molecular complexity index is 983. The van der Waals surface area contributed by atoms with Crippen molar-refractivity contribution >= 4 is 15.9 Å². The molecule has 2 aromatic rings. The molecule has 0 atom stereocenters. The number of carbonyl (C=O) groups excluding carboxylic acids is 1. The summed E-state index contributed by atoms with van der Waals surface area (Å²) in [5.74, 6) is 1.26. The quantitative estimate of drug-likeness (QED) is 0.721. The predicted octanol–water partition coefficient (Wildman–Crippen LogP) is 1.28. The number of nitrogens with zero attached hydrogens (tertiary/aromatic N) is 4. The van der Waals surface area contributed by atoms with Crippen LogP contribution >= 0.6 is 0 Å². The Kier molecular flexibility index (Phi) is 6.13. The SMILES string of the molecule is COc1cccc(C(=O)N2CCCN(S(=O)(=O)c3cn(C)c(C)n3)CC2)c1OC. The first-order valence-corrected chi connectivity index (χ1v) is 10.7. The van der Waals surface area contributed by atoms with E-state index < -0.39 is 10.0 Å². The molecule has 10 heteroatoms. The van der Waals surface area contributed by atoms with Gasteiger partial charge < -0.3 is 18.9 Å². The summed E-state index contributed by atoms with van der Waals surface area (Å²) in [6, 6.07) is 5.13. The average molecular weight is 423 g/mol. The van der Waals surface area contributed by atoms with E-state index in [2.05, 4.69) is 4.98 Å². The molecule has 1 aliphatic rings. The summed E-state index contributed by atoms with van der Waals surface area (Å²) in [6.45, 7) is 3.02. The Labute approximate surface area is 170 Å². The molecular weight excluding hydrogens is 396 g/mol. The molecule has 1 aromatic heterocycles. The largest absolute Gasteiger partial charge is 0.493 e. The molecule has 0 bridgehead atoms. The number of aryl methyl sites for hydroxylation is 2. The highest BCUT2D eigenvalue weighted by Gasteiger charge is 2.31. The van der Waals surface area contributed by atoms with E-state index in [4.69, 9.17) is 9.47 Å². The van der Waals surface area contributed by atoms with Crippen LogP contribution in [0.1, 0.15) is 22.6 Å². The van der Waals surface area contributed by atoms with Gasteiger partial charge in [-0.25, -0.2) is 13.4 Å². The van der Waals surface area contributed by atoms with Crippen LogP contribution in [0.2, 0.25) is 0 Å². The summed E-state index contributed by atoms with van der Waals surface area (Å²) in [4.78, 5) is 18.9. The van der Waals surface area contributed by atoms with Gasteiger partial charge in [0.25, 0.3) is 15.9 Å². The Morgan fingerprint density at radius 2 is 1.86 bits per heavy atom. The minimum atomic E-state index is -3.71. The Morgan fingerprint density at radius 3 is 2.48 bits per heavy atom. The van der Waals surface area contributed by atoms with E-state index in [1.807, 2.05) is 0 Å². The number of para-hydroxylation sites is 1. The number of ether oxygens (including phenoxy) is 2. The number of amides is 1. The van der Waals surface area contributed by atoms with E-state index in [0.29, 0.717) is 42.4 Å². The fourth-order valence-corrected chi connectivity index (χ4v) is 4.84. The maximum absolute atomic E-state index is 13.1. The second kappa shape index (κ2) is 8.42.